The third-order valence-corrected chi connectivity index (χ3v) is 6.43. The van der Waals surface area contributed by atoms with E-state index >= 15 is 0 Å². The standard InChI is InChI=1S/C27H32Cl2N2O2/c1-25(2,3)15-21-27(16-30,18-10-12-19(28)13-11-18)22(17-8-7-9-20(29)14-17)23(31-21)24(32)33-26(4,5)6/h7-14,21-23,31H,15H2,1-6H3. The molecule has 1 aliphatic heterocycles. The molecule has 4 nitrogen and oxygen atoms in total. The maximum atomic E-state index is 13.5. The molecule has 1 fully saturated rings. The second kappa shape index (κ2) is 9.29. The van der Waals surface area contributed by atoms with E-state index in [-0.39, 0.29) is 17.4 Å². The maximum absolute atomic E-state index is 13.5. The van der Waals surface area contributed by atoms with Gasteiger partial charge in [-0.3, -0.25) is 10.1 Å². The van der Waals surface area contributed by atoms with E-state index in [1.54, 1.807) is 18.2 Å². The topological polar surface area (TPSA) is 62.1 Å². The van der Waals surface area contributed by atoms with Gasteiger partial charge in [-0.1, -0.05) is 68.2 Å². The number of nitrogens with one attached hydrogen (secondary N) is 1. The number of benzene rings is 2. The quantitative estimate of drug-likeness (QED) is 0.490. The monoisotopic (exact) mass is 486 g/mol. The molecule has 0 aromatic heterocycles. The smallest absolute Gasteiger partial charge is 0.324 e. The molecule has 0 bridgehead atoms. The fourth-order valence-electron chi connectivity index (χ4n) is 4.80. The van der Waals surface area contributed by atoms with Crippen LogP contribution in [0.3, 0.4) is 0 Å². The first-order chi connectivity index (χ1) is 15.3. The molecule has 0 aliphatic carbocycles. The van der Waals surface area contributed by atoms with Crippen LogP contribution in [0.5, 0.6) is 0 Å². The normalized spacial score (nSPS) is 25.5. The Labute approximate surface area is 207 Å². The molecule has 6 heteroatoms. The van der Waals surface area contributed by atoms with Crippen LogP contribution in [0.15, 0.2) is 48.5 Å². The molecule has 176 valence electrons. The molecule has 1 aliphatic rings. The number of esters is 1. The lowest BCUT2D eigenvalue weighted by Crippen LogP contribution is -2.44. The van der Waals surface area contributed by atoms with Crippen LogP contribution in [0.4, 0.5) is 0 Å². The van der Waals surface area contributed by atoms with Crippen molar-refractivity contribution < 1.29 is 9.53 Å². The molecule has 2 aromatic carbocycles. The molecule has 0 saturated carbocycles. The van der Waals surface area contributed by atoms with E-state index in [1.165, 1.54) is 0 Å². The highest BCUT2D eigenvalue weighted by atomic mass is 35.5. The molecule has 1 heterocycles. The third kappa shape index (κ3) is 5.54. The Bertz CT molecular complexity index is 1050. The highest BCUT2D eigenvalue weighted by Crippen LogP contribution is 2.51. The Morgan fingerprint density at radius 2 is 1.70 bits per heavy atom. The van der Waals surface area contributed by atoms with E-state index in [0.29, 0.717) is 16.5 Å². The van der Waals surface area contributed by atoms with Crippen molar-refractivity contribution in [1.82, 2.24) is 5.32 Å². The Morgan fingerprint density at radius 1 is 1.06 bits per heavy atom. The predicted octanol–water partition coefficient (Wildman–Crippen LogP) is 6.66. The third-order valence-electron chi connectivity index (χ3n) is 5.95. The zero-order valence-electron chi connectivity index (χ0n) is 20.1. The first-order valence-electron chi connectivity index (χ1n) is 11.2. The summed E-state index contributed by atoms with van der Waals surface area (Å²) in [6.45, 7) is 11.9. The van der Waals surface area contributed by atoms with E-state index in [0.717, 1.165) is 11.1 Å². The van der Waals surface area contributed by atoms with Crippen molar-refractivity contribution in [3.8, 4) is 6.07 Å². The molecule has 0 radical (unpaired) electrons. The lowest BCUT2D eigenvalue weighted by atomic mass is 9.63. The lowest BCUT2D eigenvalue weighted by molar-refractivity contribution is -0.157. The molecule has 4 unspecified atom stereocenters. The van der Waals surface area contributed by atoms with Gasteiger partial charge >= 0.3 is 5.97 Å². The molecular formula is C27H32Cl2N2O2. The summed E-state index contributed by atoms with van der Waals surface area (Å²) in [4.78, 5) is 13.5. The van der Waals surface area contributed by atoms with Crippen LogP contribution in [0, 0.1) is 16.7 Å². The van der Waals surface area contributed by atoms with Crippen molar-refractivity contribution in [3.63, 3.8) is 0 Å². The van der Waals surface area contributed by atoms with E-state index in [1.807, 2.05) is 51.1 Å². The van der Waals surface area contributed by atoms with Crippen molar-refractivity contribution in [3.05, 3.63) is 69.7 Å². The van der Waals surface area contributed by atoms with Gasteiger partial charge < -0.3 is 4.74 Å². The molecule has 2 aromatic rings. The van der Waals surface area contributed by atoms with Gasteiger partial charge in [0.25, 0.3) is 0 Å². The van der Waals surface area contributed by atoms with Crippen LogP contribution in [-0.2, 0) is 14.9 Å². The fraction of sp³-hybridized carbons (Fsp3) is 0.481. The molecule has 0 spiro atoms. The molecule has 0 amide bonds. The summed E-state index contributed by atoms with van der Waals surface area (Å²) in [5.74, 6) is -0.887. The number of halogens is 2. The summed E-state index contributed by atoms with van der Waals surface area (Å²) in [7, 11) is 0. The minimum Gasteiger partial charge on any atom is -0.459 e. The molecule has 1 N–H and O–H groups in total. The molecule has 3 rings (SSSR count). The lowest BCUT2D eigenvalue weighted by Gasteiger charge is -2.37. The van der Waals surface area contributed by atoms with Crippen molar-refractivity contribution >= 4 is 29.2 Å². The van der Waals surface area contributed by atoms with E-state index < -0.39 is 23.0 Å². The Balaban J connectivity index is 2.27. The summed E-state index contributed by atoms with van der Waals surface area (Å²) >= 11 is 12.6. The van der Waals surface area contributed by atoms with Gasteiger partial charge in [0.1, 0.15) is 17.1 Å². The van der Waals surface area contributed by atoms with Gasteiger partial charge in [0.2, 0.25) is 0 Å². The largest absolute Gasteiger partial charge is 0.459 e. The summed E-state index contributed by atoms with van der Waals surface area (Å²) in [5, 5.41) is 15.5. The van der Waals surface area contributed by atoms with Crippen molar-refractivity contribution in [2.45, 2.75) is 77.0 Å². The van der Waals surface area contributed by atoms with Gasteiger partial charge in [0.05, 0.1) is 6.07 Å². The van der Waals surface area contributed by atoms with Gasteiger partial charge in [-0.15, -0.1) is 0 Å². The van der Waals surface area contributed by atoms with Gasteiger partial charge in [-0.05, 0) is 68.0 Å². The Morgan fingerprint density at radius 3 is 2.21 bits per heavy atom. The van der Waals surface area contributed by atoms with Crippen LogP contribution in [0.1, 0.15) is 65.0 Å². The van der Waals surface area contributed by atoms with Crippen molar-refractivity contribution in [2.75, 3.05) is 0 Å². The van der Waals surface area contributed by atoms with Gasteiger partial charge in [0, 0.05) is 22.0 Å². The minimum atomic E-state index is -1.04. The van der Waals surface area contributed by atoms with Crippen LogP contribution < -0.4 is 5.32 Å². The van der Waals surface area contributed by atoms with Gasteiger partial charge in [-0.2, -0.15) is 5.26 Å². The summed E-state index contributed by atoms with van der Waals surface area (Å²) < 4.78 is 5.81. The van der Waals surface area contributed by atoms with Gasteiger partial charge in [0.15, 0.2) is 0 Å². The van der Waals surface area contributed by atoms with Gasteiger partial charge in [-0.25, -0.2) is 0 Å². The van der Waals surface area contributed by atoms with E-state index in [4.69, 9.17) is 27.9 Å². The van der Waals surface area contributed by atoms with Crippen molar-refractivity contribution in [1.29, 1.82) is 5.26 Å². The first-order valence-corrected chi connectivity index (χ1v) is 11.9. The molecule has 33 heavy (non-hydrogen) atoms. The number of nitriles is 1. The minimum absolute atomic E-state index is 0.0894. The highest BCUT2D eigenvalue weighted by Gasteiger charge is 2.60. The highest BCUT2D eigenvalue weighted by molar-refractivity contribution is 6.30. The van der Waals surface area contributed by atoms with Crippen molar-refractivity contribution in [2.24, 2.45) is 5.41 Å². The number of hydrogen-bond acceptors (Lipinski definition) is 4. The first kappa shape index (κ1) is 25.6. The number of carbonyl (C=O) groups excluding carboxylic acids is 1. The molecule has 1 saturated heterocycles. The SMILES string of the molecule is CC(C)(C)CC1NC(C(=O)OC(C)(C)C)C(c2cccc(Cl)c2)C1(C#N)c1ccc(Cl)cc1. The van der Waals surface area contributed by atoms with Crippen LogP contribution in [0.25, 0.3) is 0 Å². The maximum Gasteiger partial charge on any atom is 0.324 e. The van der Waals surface area contributed by atoms with E-state index in [9.17, 15) is 10.1 Å². The second-order valence-electron chi connectivity index (χ2n) is 11.0. The predicted molar refractivity (Wildman–Crippen MR) is 134 cm³/mol. The summed E-state index contributed by atoms with van der Waals surface area (Å²) in [5.41, 5.74) is -0.154. The number of rotatable bonds is 4. The van der Waals surface area contributed by atoms with E-state index in [2.05, 4.69) is 32.2 Å². The van der Waals surface area contributed by atoms with Crippen LogP contribution in [-0.4, -0.2) is 23.7 Å². The molecular weight excluding hydrogens is 455 g/mol. The van der Waals surface area contributed by atoms with Crippen LogP contribution >= 0.6 is 23.2 Å². The zero-order valence-corrected chi connectivity index (χ0v) is 21.6. The average molecular weight is 487 g/mol. The average Bonchev–Trinajstić information content (AvgIpc) is 3.00. The Hall–Kier alpha value is -2.06. The van der Waals surface area contributed by atoms with Crippen LogP contribution in [0.2, 0.25) is 10.0 Å². The zero-order chi connectivity index (χ0) is 24.6. The fourth-order valence-corrected chi connectivity index (χ4v) is 5.12. The summed E-state index contributed by atoms with van der Waals surface area (Å²) in [6.07, 6.45) is 0.680. The Kier molecular flexibility index (Phi) is 7.20. The number of hydrogen-bond donors (Lipinski definition) is 1. The second-order valence-corrected chi connectivity index (χ2v) is 11.9. The number of ether oxygens (including phenoxy) is 1. The number of nitrogens with zero attached hydrogens (tertiary/aromatic N) is 1. The summed E-state index contributed by atoms with van der Waals surface area (Å²) in [6, 6.07) is 16.4. The number of carbonyl (C=O) groups is 1. The molecule has 4 atom stereocenters.